The Morgan fingerprint density at radius 1 is 1.31 bits per heavy atom. The molecule has 1 aliphatic heterocycles. The van der Waals surface area contributed by atoms with E-state index in [9.17, 15) is 8.42 Å². The number of rotatable bonds is 4. The molecule has 8 heteroatoms. The number of benzene rings is 1. The smallest absolute Gasteiger partial charge is 0.238 e. The number of nitrogens with one attached hydrogen (secondary N) is 1. The highest BCUT2D eigenvalue weighted by molar-refractivity contribution is 7.89. The maximum absolute atomic E-state index is 11.4. The van der Waals surface area contributed by atoms with Gasteiger partial charge in [0, 0.05) is 24.2 Å². The largest absolute Gasteiger partial charge is 0.495 e. The summed E-state index contributed by atoms with van der Waals surface area (Å²) in [5, 5.41) is 9.70. The minimum absolute atomic E-state index is 0.116. The van der Waals surface area contributed by atoms with Gasteiger partial charge < -0.3 is 14.6 Å². The Kier molecular flexibility index (Phi) is 4.18. The topological polar surface area (TPSA) is 99.2 Å². The molecule has 0 spiro atoms. The number of nitrogens with two attached hydrogens (primary N) is 1. The van der Waals surface area contributed by atoms with Crippen LogP contribution in [0.3, 0.4) is 0 Å². The van der Waals surface area contributed by atoms with Gasteiger partial charge in [0.15, 0.2) is 0 Å². The number of primary sulfonamides is 1. The monoisotopic (exact) mass is 372 g/mol. The van der Waals surface area contributed by atoms with Gasteiger partial charge in [-0.05, 0) is 42.3 Å². The van der Waals surface area contributed by atoms with E-state index in [-0.39, 0.29) is 4.90 Å². The highest BCUT2D eigenvalue weighted by Gasteiger charge is 2.21. The van der Waals surface area contributed by atoms with Gasteiger partial charge in [0.05, 0.1) is 18.2 Å². The van der Waals surface area contributed by atoms with Crippen LogP contribution < -0.4 is 15.2 Å². The molecule has 136 valence electrons. The van der Waals surface area contributed by atoms with Gasteiger partial charge in [0.25, 0.3) is 0 Å². The van der Waals surface area contributed by atoms with Crippen molar-refractivity contribution >= 4 is 21.1 Å². The number of sulfonamides is 1. The average molecular weight is 372 g/mol. The van der Waals surface area contributed by atoms with Crippen LogP contribution in [0.15, 0.2) is 41.4 Å². The van der Waals surface area contributed by atoms with Gasteiger partial charge in [-0.25, -0.2) is 18.5 Å². The van der Waals surface area contributed by atoms with E-state index in [1.807, 2.05) is 6.07 Å². The molecule has 2 aromatic heterocycles. The summed E-state index contributed by atoms with van der Waals surface area (Å²) in [6.07, 6.45) is 2.67. The van der Waals surface area contributed by atoms with Gasteiger partial charge in [-0.1, -0.05) is 12.1 Å². The lowest BCUT2D eigenvalue weighted by Crippen LogP contribution is -2.25. The molecule has 3 N–H and O–H groups in total. The normalized spacial score (nSPS) is 14.4. The summed E-state index contributed by atoms with van der Waals surface area (Å²) >= 11 is 0. The van der Waals surface area contributed by atoms with Gasteiger partial charge in [0.1, 0.15) is 11.4 Å². The second kappa shape index (κ2) is 6.39. The van der Waals surface area contributed by atoms with E-state index in [1.54, 1.807) is 25.4 Å². The third kappa shape index (κ3) is 2.96. The Labute approximate surface area is 151 Å². The maximum Gasteiger partial charge on any atom is 0.238 e. The molecule has 3 heterocycles. The first-order valence-corrected chi connectivity index (χ1v) is 9.88. The van der Waals surface area contributed by atoms with Crippen LogP contribution >= 0.6 is 0 Å². The van der Waals surface area contributed by atoms with Crippen molar-refractivity contribution in [2.24, 2.45) is 5.14 Å². The molecule has 0 saturated heterocycles. The van der Waals surface area contributed by atoms with E-state index < -0.39 is 10.0 Å². The molecule has 0 fully saturated rings. The van der Waals surface area contributed by atoms with Crippen molar-refractivity contribution in [1.82, 2.24) is 14.9 Å². The van der Waals surface area contributed by atoms with Crippen LogP contribution in [0.4, 0.5) is 0 Å². The average Bonchev–Trinajstić information content (AvgIpc) is 2.95. The van der Waals surface area contributed by atoms with Gasteiger partial charge in [-0.2, -0.15) is 0 Å². The van der Waals surface area contributed by atoms with Crippen molar-refractivity contribution in [1.29, 1.82) is 0 Å². The molecule has 1 aliphatic rings. The molecular weight excluding hydrogens is 352 g/mol. The molecule has 1 aromatic carbocycles. The fraction of sp³-hybridized carbons (Fsp3) is 0.278. The van der Waals surface area contributed by atoms with Crippen LogP contribution in [0.1, 0.15) is 16.8 Å². The van der Waals surface area contributed by atoms with E-state index in [0.717, 1.165) is 41.9 Å². The molecule has 0 saturated carbocycles. The molecule has 0 amide bonds. The van der Waals surface area contributed by atoms with Gasteiger partial charge in [-0.15, -0.1) is 0 Å². The minimum atomic E-state index is -3.68. The Balaban J connectivity index is 1.79. The van der Waals surface area contributed by atoms with E-state index in [4.69, 9.17) is 9.88 Å². The fourth-order valence-electron chi connectivity index (χ4n) is 3.47. The number of methoxy groups -OCH3 is 1. The number of pyridine rings is 1. The van der Waals surface area contributed by atoms with E-state index in [2.05, 4.69) is 14.9 Å². The Hall–Kier alpha value is -2.42. The lowest BCUT2D eigenvalue weighted by Gasteiger charge is -2.17. The summed E-state index contributed by atoms with van der Waals surface area (Å²) < 4.78 is 30.4. The summed E-state index contributed by atoms with van der Waals surface area (Å²) in [4.78, 5) is 4.72. The highest BCUT2D eigenvalue weighted by Crippen LogP contribution is 2.30. The summed E-state index contributed by atoms with van der Waals surface area (Å²) in [5.41, 5.74) is 4.41. The second-order valence-corrected chi connectivity index (χ2v) is 7.93. The van der Waals surface area contributed by atoms with Crippen LogP contribution in [0.2, 0.25) is 0 Å². The Morgan fingerprint density at radius 2 is 2.08 bits per heavy atom. The van der Waals surface area contributed by atoms with Gasteiger partial charge >= 0.3 is 0 Å². The standard InChI is InChI=1S/C18H20N4O3S/c1-25-13-8-16-15-6-7-20-10-17(15)22(18(16)21-9-13)11-12-2-4-14(5-3-12)26(19,23)24/h2-5,8-9,20H,6-7,10-11H2,1H3,(H2,19,23,24). The predicted molar refractivity (Wildman–Crippen MR) is 98.6 cm³/mol. The Morgan fingerprint density at radius 3 is 2.77 bits per heavy atom. The molecule has 0 unspecified atom stereocenters. The van der Waals surface area contributed by atoms with E-state index in [1.165, 1.54) is 23.4 Å². The third-order valence-corrected chi connectivity index (χ3v) is 5.70. The van der Waals surface area contributed by atoms with Crippen molar-refractivity contribution in [3.63, 3.8) is 0 Å². The first kappa shape index (κ1) is 17.0. The first-order valence-electron chi connectivity index (χ1n) is 8.34. The molecule has 3 aromatic rings. The van der Waals surface area contributed by atoms with E-state index in [0.29, 0.717) is 6.54 Å². The summed E-state index contributed by atoms with van der Waals surface area (Å²) in [6.45, 7) is 2.33. The lowest BCUT2D eigenvalue weighted by atomic mass is 10.1. The zero-order valence-electron chi connectivity index (χ0n) is 14.4. The summed E-state index contributed by atoms with van der Waals surface area (Å²) in [7, 11) is -2.04. The number of fused-ring (bicyclic) bond motifs is 3. The SMILES string of the molecule is COc1cnc2c(c1)c1c(n2Cc2ccc(S(N)(=O)=O)cc2)CNCC1. The molecule has 0 radical (unpaired) electrons. The molecule has 7 nitrogen and oxygen atoms in total. The predicted octanol–water partition coefficient (Wildman–Crippen LogP) is 1.39. The number of aromatic nitrogens is 2. The number of hydrogen-bond acceptors (Lipinski definition) is 5. The summed E-state index contributed by atoms with van der Waals surface area (Å²) in [5.74, 6) is 0.744. The van der Waals surface area contributed by atoms with Crippen molar-refractivity contribution in [3.8, 4) is 5.75 Å². The first-order chi connectivity index (χ1) is 12.5. The molecule has 0 aliphatic carbocycles. The second-order valence-electron chi connectivity index (χ2n) is 6.37. The lowest BCUT2D eigenvalue weighted by molar-refractivity contribution is 0.413. The molecule has 0 atom stereocenters. The number of ether oxygens (including phenoxy) is 1. The zero-order valence-corrected chi connectivity index (χ0v) is 15.2. The minimum Gasteiger partial charge on any atom is -0.495 e. The summed E-state index contributed by atoms with van der Waals surface area (Å²) in [6, 6.07) is 8.69. The van der Waals surface area contributed by atoms with Crippen LogP contribution in [-0.4, -0.2) is 31.6 Å². The van der Waals surface area contributed by atoms with Crippen LogP contribution in [-0.2, 0) is 29.5 Å². The Bertz CT molecular complexity index is 1070. The van der Waals surface area contributed by atoms with Crippen LogP contribution in [0.5, 0.6) is 5.75 Å². The van der Waals surface area contributed by atoms with Crippen molar-refractivity contribution < 1.29 is 13.2 Å². The molecule has 4 rings (SSSR count). The van der Waals surface area contributed by atoms with Crippen molar-refractivity contribution in [2.45, 2.75) is 24.4 Å². The zero-order chi connectivity index (χ0) is 18.3. The van der Waals surface area contributed by atoms with E-state index >= 15 is 0 Å². The molecular formula is C18H20N4O3S. The fourth-order valence-corrected chi connectivity index (χ4v) is 3.99. The molecule has 26 heavy (non-hydrogen) atoms. The number of hydrogen-bond donors (Lipinski definition) is 2. The molecule has 0 bridgehead atoms. The third-order valence-electron chi connectivity index (χ3n) is 4.77. The van der Waals surface area contributed by atoms with Crippen LogP contribution in [0, 0.1) is 0 Å². The van der Waals surface area contributed by atoms with Crippen LogP contribution in [0.25, 0.3) is 11.0 Å². The maximum atomic E-state index is 11.4. The van der Waals surface area contributed by atoms with Crippen molar-refractivity contribution in [2.75, 3.05) is 13.7 Å². The van der Waals surface area contributed by atoms with Gasteiger partial charge in [0.2, 0.25) is 10.0 Å². The van der Waals surface area contributed by atoms with Crippen molar-refractivity contribution in [3.05, 3.63) is 53.3 Å². The van der Waals surface area contributed by atoms with Gasteiger partial charge in [-0.3, -0.25) is 0 Å². The quantitative estimate of drug-likeness (QED) is 0.721. The number of nitrogens with zero attached hydrogens (tertiary/aromatic N) is 2. The highest BCUT2D eigenvalue weighted by atomic mass is 32.2.